The van der Waals surface area contributed by atoms with Crippen LogP contribution in [0.5, 0.6) is 0 Å². The second-order valence-corrected chi connectivity index (χ2v) is 11.9. The number of rotatable bonds is 0. The van der Waals surface area contributed by atoms with Gasteiger partial charge in [-0.15, -0.1) is 0 Å². The van der Waals surface area contributed by atoms with Crippen LogP contribution >= 0.6 is 0 Å². The van der Waals surface area contributed by atoms with Crippen molar-refractivity contribution in [2.75, 3.05) is 0 Å². The maximum atomic E-state index is 6.26. The minimum Gasteiger partial charge on any atom is -0.456 e. The molecule has 0 saturated heterocycles. The Morgan fingerprint density at radius 2 is 1.39 bits per heavy atom. The molecule has 1 aliphatic carbocycles. The van der Waals surface area contributed by atoms with Gasteiger partial charge in [0, 0.05) is 27.8 Å². The van der Waals surface area contributed by atoms with Gasteiger partial charge in [0.1, 0.15) is 16.7 Å². The highest BCUT2D eigenvalue weighted by Crippen LogP contribution is 2.51. The molecule has 6 nitrogen and oxygen atoms in total. The van der Waals surface area contributed by atoms with Crippen molar-refractivity contribution in [2.45, 2.75) is 19.3 Å². The van der Waals surface area contributed by atoms with Crippen LogP contribution in [0.25, 0.3) is 83.2 Å². The average Bonchev–Trinajstić information content (AvgIpc) is 3.79. The van der Waals surface area contributed by atoms with Gasteiger partial charge in [-0.1, -0.05) is 68.4 Å². The zero-order valence-electron chi connectivity index (χ0n) is 22.3. The van der Waals surface area contributed by atoms with Crippen LogP contribution in [0.1, 0.15) is 25.0 Å². The van der Waals surface area contributed by atoms with E-state index in [0.717, 1.165) is 72.1 Å². The molecule has 0 unspecified atom stereocenters. The summed E-state index contributed by atoms with van der Waals surface area (Å²) in [7, 11) is 0. The van der Waals surface area contributed by atoms with Gasteiger partial charge in [0.05, 0.1) is 33.1 Å². The molecule has 0 aliphatic heterocycles. The molecule has 5 aromatic carbocycles. The van der Waals surface area contributed by atoms with E-state index < -0.39 is 0 Å². The van der Waals surface area contributed by atoms with Crippen LogP contribution in [-0.4, -0.2) is 23.2 Å². The number of furan rings is 1. The number of hydrogen-bond acceptors (Lipinski definition) is 3. The normalized spacial score (nSPS) is 14.8. The first kappa shape index (κ1) is 20.5. The van der Waals surface area contributed by atoms with Crippen LogP contribution in [0.3, 0.4) is 0 Å². The third-order valence-corrected chi connectivity index (χ3v) is 9.59. The van der Waals surface area contributed by atoms with E-state index in [2.05, 4.69) is 106 Å². The quantitative estimate of drug-likeness (QED) is 0.199. The van der Waals surface area contributed by atoms with Crippen molar-refractivity contribution in [1.82, 2.24) is 23.2 Å². The summed E-state index contributed by atoms with van der Waals surface area (Å²) in [5.74, 6) is 1.76. The van der Waals surface area contributed by atoms with Crippen LogP contribution < -0.4 is 0 Å². The van der Waals surface area contributed by atoms with E-state index in [1.165, 1.54) is 22.3 Å². The minimum absolute atomic E-state index is 0.0675. The van der Waals surface area contributed by atoms with E-state index in [0.29, 0.717) is 0 Å². The molecule has 0 bridgehead atoms. The highest BCUT2D eigenvalue weighted by molar-refractivity contribution is 6.11. The van der Waals surface area contributed by atoms with Crippen molar-refractivity contribution < 1.29 is 4.42 Å². The summed E-state index contributed by atoms with van der Waals surface area (Å²) >= 11 is 0. The molecule has 6 heteroatoms. The van der Waals surface area contributed by atoms with E-state index in [1.54, 1.807) is 0 Å². The van der Waals surface area contributed by atoms with E-state index in [4.69, 9.17) is 14.4 Å². The molecule has 0 radical (unpaired) electrons. The standard InChI is InChI=1S/C35H21N5O/c1-35(2)21-10-5-3-9-19(21)30-22(35)14-15-24-31(30)37-34-38(24)25-11-7-12-26-32(25)40(34)33-36-23-16-20-18-8-4-6-13-28(18)41-29(20)17-27(23)39(26)33/h3-17H,1-2H3. The van der Waals surface area contributed by atoms with Crippen LogP contribution in [-0.2, 0) is 5.41 Å². The summed E-state index contributed by atoms with van der Waals surface area (Å²) in [5.41, 5.74) is 14.5. The lowest BCUT2D eigenvalue weighted by Gasteiger charge is -2.21. The fourth-order valence-corrected chi connectivity index (χ4v) is 7.77. The van der Waals surface area contributed by atoms with Gasteiger partial charge < -0.3 is 4.42 Å². The van der Waals surface area contributed by atoms with Gasteiger partial charge in [-0.3, -0.25) is 8.80 Å². The van der Waals surface area contributed by atoms with Gasteiger partial charge in [0.15, 0.2) is 0 Å². The fraction of sp³-hybridized carbons (Fsp3) is 0.0857. The van der Waals surface area contributed by atoms with Gasteiger partial charge in [0.2, 0.25) is 11.6 Å². The number of aromatic nitrogens is 5. The zero-order valence-corrected chi connectivity index (χ0v) is 22.3. The summed E-state index contributed by atoms with van der Waals surface area (Å²) in [5, 5.41) is 2.20. The van der Waals surface area contributed by atoms with Crippen LogP contribution in [0.4, 0.5) is 0 Å². The summed E-state index contributed by atoms with van der Waals surface area (Å²) in [6, 6.07) is 32.3. The number of para-hydroxylation sites is 2. The highest BCUT2D eigenvalue weighted by Gasteiger charge is 2.37. The predicted molar refractivity (Wildman–Crippen MR) is 163 cm³/mol. The van der Waals surface area contributed by atoms with Crippen LogP contribution in [0.2, 0.25) is 0 Å². The molecule has 0 saturated carbocycles. The molecule has 1 aliphatic rings. The molecule has 10 aromatic rings. The van der Waals surface area contributed by atoms with Gasteiger partial charge in [-0.05, 0) is 47.0 Å². The third kappa shape index (κ3) is 2.13. The average molecular weight is 528 g/mol. The molecule has 5 heterocycles. The molecule has 192 valence electrons. The third-order valence-electron chi connectivity index (χ3n) is 9.59. The summed E-state index contributed by atoms with van der Waals surface area (Å²) in [4.78, 5) is 10.6. The summed E-state index contributed by atoms with van der Waals surface area (Å²) in [6.07, 6.45) is 0. The molecular formula is C35H21N5O. The monoisotopic (exact) mass is 527 g/mol. The molecular weight excluding hydrogens is 506 g/mol. The lowest BCUT2D eigenvalue weighted by Crippen LogP contribution is -2.14. The first-order valence-corrected chi connectivity index (χ1v) is 14.0. The molecule has 0 spiro atoms. The van der Waals surface area contributed by atoms with Gasteiger partial charge in [-0.2, -0.15) is 0 Å². The fourth-order valence-electron chi connectivity index (χ4n) is 7.77. The molecule has 0 fully saturated rings. The van der Waals surface area contributed by atoms with Crippen molar-refractivity contribution >= 4 is 72.1 Å². The summed E-state index contributed by atoms with van der Waals surface area (Å²) in [6.45, 7) is 4.63. The zero-order chi connectivity index (χ0) is 26.8. The van der Waals surface area contributed by atoms with E-state index in [1.807, 2.05) is 12.1 Å². The van der Waals surface area contributed by atoms with Crippen molar-refractivity contribution in [3.05, 3.63) is 102 Å². The molecule has 0 atom stereocenters. The maximum Gasteiger partial charge on any atom is 0.223 e. The number of hydrogen-bond donors (Lipinski definition) is 0. The Balaban J connectivity index is 1.32. The second-order valence-electron chi connectivity index (χ2n) is 11.9. The smallest absolute Gasteiger partial charge is 0.223 e. The minimum atomic E-state index is -0.0675. The van der Waals surface area contributed by atoms with E-state index in [9.17, 15) is 0 Å². The van der Waals surface area contributed by atoms with Crippen molar-refractivity contribution in [2.24, 2.45) is 0 Å². The number of fused-ring (bicyclic) bond motifs is 17. The molecule has 0 N–H and O–H groups in total. The Hall–Kier alpha value is -5.36. The highest BCUT2D eigenvalue weighted by atomic mass is 16.3. The van der Waals surface area contributed by atoms with Crippen LogP contribution in [0.15, 0.2) is 95.4 Å². The van der Waals surface area contributed by atoms with Crippen molar-refractivity contribution in [1.29, 1.82) is 0 Å². The predicted octanol–water partition coefficient (Wildman–Crippen LogP) is 8.34. The molecule has 0 amide bonds. The topological polar surface area (TPSA) is 52.2 Å². The van der Waals surface area contributed by atoms with Crippen molar-refractivity contribution in [3.8, 4) is 11.1 Å². The molecule has 11 rings (SSSR count). The number of imidazole rings is 4. The number of nitrogens with zero attached hydrogens (tertiary/aromatic N) is 5. The molecule has 41 heavy (non-hydrogen) atoms. The van der Waals surface area contributed by atoms with Gasteiger partial charge in [0.25, 0.3) is 0 Å². The lowest BCUT2D eigenvalue weighted by molar-refractivity contribution is 0.661. The van der Waals surface area contributed by atoms with Crippen LogP contribution in [0, 0.1) is 0 Å². The lowest BCUT2D eigenvalue weighted by atomic mass is 9.82. The first-order valence-electron chi connectivity index (χ1n) is 14.0. The number of benzene rings is 5. The molecule has 5 aromatic heterocycles. The maximum absolute atomic E-state index is 6.26. The SMILES string of the molecule is CC1(C)c2ccccc2-c2c1ccc1c2nc2n1c1cccc3c1n2c1nc2cc4c(cc2n31)oc1ccccc14. The summed E-state index contributed by atoms with van der Waals surface area (Å²) < 4.78 is 13.1. The Kier molecular flexibility index (Phi) is 3.17. The Morgan fingerprint density at radius 3 is 2.29 bits per heavy atom. The van der Waals surface area contributed by atoms with Crippen molar-refractivity contribution in [3.63, 3.8) is 0 Å². The largest absolute Gasteiger partial charge is 0.456 e. The Morgan fingerprint density at radius 1 is 0.610 bits per heavy atom. The van der Waals surface area contributed by atoms with E-state index in [-0.39, 0.29) is 5.41 Å². The van der Waals surface area contributed by atoms with E-state index >= 15 is 0 Å². The Labute approximate surface area is 232 Å². The van der Waals surface area contributed by atoms with Gasteiger partial charge >= 0.3 is 0 Å². The second kappa shape index (κ2) is 6.34. The van der Waals surface area contributed by atoms with Gasteiger partial charge in [-0.25, -0.2) is 14.4 Å². The Bertz CT molecular complexity index is 2780. The first-order chi connectivity index (χ1) is 20.1.